The van der Waals surface area contributed by atoms with Crippen molar-refractivity contribution in [3.8, 4) is 22.6 Å². The van der Waals surface area contributed by atoms with Crippen LogP contribution in [-0.2, 0) is 6.42 Å². The molecule has 0 saturated carbocycles. The van der Waals surface area contributed by atoms with E-state index in [4.69, 9.17) is 14.8 Å². The molecule has 1 aromatic carbocycles. The van der Waals surface area contributed by atoms with E-state index in [1.165, 1.54) is 19.4 Å². The number of benzene rings is 1. The molecule has 4 heterocycles. The predicted octanol–water partition coefficient (Wildman–Crippen LogP) is 6.59. The molecule has 220 valence electrons. The van der Waals surface area contributed by atoms with Gasteiger partial charge in [-0.25, -0.2) is 14.2 Å². The van der Waals surface area contributed by atoms with Crippen LogP contribution in [0.4, 0.5) is 0 Å². The molecule has 4 aromatic rings. The Kier molecular flexibility index (Phi) is 13.0. The number of rotatable bonds is 8. The lowest BCUT2D eigenvalue weighted by Crippen LogP contribution is -2.26. The Morgan fingerprint density at radius 1 is 1.22 bits per heavy atom. The van der Waals surface area contributed by atoms with Gasteiger partial charge in [0, 0.05) is 54.7 Å². The maximum absolute atomic E-state index is 6.47. The molecule has 41 heavy (non-hydrogen) atoms. The van der Waals surface area contributed by atoms with Crippen LogP contribution in [0, 0.1) is 13.8 Å². The van der Waals surface area contributed by atoms with E-state index in [2.05, 4.69) is 80.8 Å². The number of allylic oxidation sites excluding steroid dienone is 2. The van der Waals surface area contributed by atoms with E-state index in [0.29, 0.717) is 12.6 Å². The molecule has 2 atom stereocenters. The third-order valence-corrected chi connectivity index (χ3v) is 7.14. The molecule has 2 unspecified atom stereocenters. The smallest absolute Gasteiger partial charge is 0.163 e. The Labute approximate surface area is 252 Å². The molecule has 1 saturated heterocycles. The van der Waals surface area contributed by atoms with Crippen LogP contribution >= 0.6 is 20.7 Å². The van der Waals surface area contributed by atoms with Crippen LogP contribution < -0.4 is 4.74 Å². The topological polar surface area (TPSA) is 72.8 Å². The second-order valence-corrected chi connectivity index (χ2v) is 9.92. The zero-order valence-electron chi connectivity index (χ0n) is 25.2. The number of likely N-dealkylation sites (tertiary alicyclic amines) is 1. The van der Waals surface area contributed by atoms with Gasteiger partial charge in [0.2, 0.25) is 0 Å². The molecule has 8 nitrogen and oxygen atoms in total. The number of aryl methyl sites for hydroxylation is 3. The summed E-state index contributed by atoms with van der Waals surface area (Å²) in [5.41, 5.74) is 7.04. The number of fused-ring (bicyclic) bond motifs is 1. The standard InChI is InChI=1S/C26H32N6O.C5H9N.H3PS/c1-5-20-16-18(2)28-26-25(19(3)29-32(20)26)23-10-9-22(31-14-7-12-27-31)17-24(23)33-15-11-21-8-6-13-30(21)4;1-3-4-5-6-2;1-2/h7,9-10,12,14,16-17,21H,5-6,8,11,13,15H2,1-4H3;3-5H,1-2H3;2H,1H2/b;4-3-,6-5?;. The third-order valence-electron chi connectivity index (χ3n) is 7.14. The monoisotopic (exact) mass is 593 g/mol. The van der Waals surface area contributed by atoms with Crippen molar-refractivity contribution in [1.82, 2.24) is 29.3 Å². The highest BCUT2D eigenvalue weighted by molar-refractivity contribution is 8.31. The SMILES string of the molecule is C/C=C\C=NC.CCc1cc(C)nc2c(-c3ccc(-n4cccn4)cc3OCCC3CCCN3C)c(C)nn12.PS. The van der Waals surface area contributed by atoms with Gasteiger partial charge in [0.1, 0.15) is 5.75 Å². The summed E-state index contributed by atoms with van der Waals surface area (Å²) in [5, 5.41) is 9.24. The average Bonchev–Trinajstić information content (AvgIpc) is 3.74. The Morgan fingerprint density at radius 3 is 2.63 bits per heavy atom. The van der Waals surface area contributed by atoms with Crippen LogP contribution in [0.1, 0.15) is 50.2 Å². The Bertz CT molecular complexity index is 1420. The fourth-order valence-electron chi connectivity index (χ4n) is 5.11. The van der Waals surface area contributed by atoms with Crippen LogP contribution in [-0.4, -0.2) is 68.8 Å². The molecular weight excluding hydrogens is 549 g/mol. The quantitative estimate of drug-likeness (QED) is 0.142. The maximum Gasteiger partial charge on any atom is 0.163 e. The van der Waals surface area contributed by atoms with Gasteiger partial charge in [-0.2, -0.15) is 22.4 Å². The lowest BCUT2D eigenvalue weighted by Gasteiger charge is -2.20. The summed E-state index contributed by atoms with van der Waals surface area (Å²) in [4.78, 5) is 11.0. The van der Waals surface area contributed by atoms with E-state index in [1.54, 1.807) is 19.5 Å². The molecule has 1 aliphatic heterocycles. The number of nitrogens with zero attached hydrogens (tertiary/aromatic N) is 7. The first-order valence-electron chi connectivity index (χ1n) is 14.1. The van der Waals surface area contributed by atoms with Gasteiger partial charge in [0.05, 0.1) is 23.6 Å². The summed E-state index contributed by atoms with van der Waals surface area (Å²) in [5.74, 6) is 0.850. The highest BCUT2D eigenvalue weighted by atomic mass is 32.7. The van der Waals surface area contributed by atoms with Crippen molar-refractivity contribution in [2.24, 2.45) is 4.99 Å². The zero-order chi connectivity index (χ0) is 29.8. The second kappa shape index (κ2) is 16.4. The third kappa shape index (κ3) is 8.28. The van der Waals surface area contributed by atoms with Gasteiger partial charge in [-0.3, -0.25) is 4.99 Å². The summed E-state index contributed by atoms with van der Waals surface area (Å²) < 4.78 is 10.3. The molecule has 0 N–H and O–H groups in total. The van der Waals surface area contributed by atoms with Crippen LogP contribution in [0.15, 0.2) is 59.9 Å². The highest BCUT2D eigenvalue weighted by Crippen LogP contribution is 2.37. The Hall–Kier alpha value is -3.00. The molecule has 0 amide bonds. The minimum Gasteiger partial charge on any atom is -0.493 e. The molecule has 10 heteroatoms. The van der Waals surface area contributed by atoms with E-state index < -0.39 is 0 Å². The van der Waals surface area contributed by atoms with Gasteiger partial charge in [-0.15, -0.1) is 0 Å². The molecule has 1 aliphatic rings. The Morgan fingerprint density at radius 2 is 2.02 bits per heavy atom. The molecule has 5 rings (SSSR count). The zero-order valence-corrected chi connectivity index (χ0v) is 27.2. The van der Waals surface area contributed by atoms with Crippen LogP contribution in [0.5, 0.6) is 5.75 Å². The van der Waals surface area contributed by atoms with Crippen molar-refractivity contribution in [3.63, 3.8) is 0 Å². The summed E-state index contributed by atoms with van der Waals surface area (Å²) in [6.45, 7) is 10.1. The molecule has 0 spiro atoms. The summed E-state index contributed by atoms with van der Waals surface area (Å²) >= 11 is 3.44. The highest BCUT2D eigenvalue weighted by Gasteiger charge is 2.22. The molecule has 0 radical (unpaired) electrons. The minimum absolute atomic E-state index is 0.595. The van der Waals surface area contributed by atoms with Gasteiger partial charge in [0.25, 0.3) is 0 Å². The van der Waals surface area contributed by atoms with E-state index in [-0.39, 0.29) is 0 Å². The van der Waals surface area contributed by atoms with Crippen LogP contribution in [0.25, 0.3) is 22.5 Å². The van der Waals surface area contributed by atoms with Crippen LogP contribution in [0.3, 0.4) is 0 Å². The number of aliphatic imine (C=N–C) groups is 1. The van der Waals surface area contributed by atoms with Crippen molar-refractivity contribution in [3.05, 3.63) is 72.0 Å². The number of ether oxygens (including phenoxy) is 1. The van der Waals surface area contributed by atoms with E-state index >= 15 is 0 Å². The van der Waals surface area contributed by atoms with Crippen molar-refractivity contribution in [2.45, 2.75) is 59.4 Å². The minimum atomic E-state index is 0.595. The first-order chi connectivity index (χ1) is 20.0. The van der Waals surface area contributed by atoms with E-state index in [9.17, 15) is 0 Å². The van der Waals surface area contributed by atoms with Gasteiger partial charge >= 0.3 is 0 Å². The molecular formula is C31H44N7OPS. The largest absolute Gasteiger partial charge is 0.493 e. The molecule has 0 bridgehead atoms. The van der Waals surface area contributed by atoms with E-state index in [1.807, 2.05) is 47.5 Å². The lowest BCUT2D eigenvalue weighted by molar-refractivity contribution is 0.234. The molecule has 0 aliphatic carbocycles. The summed E-state index contributed by atoms with van der Waals surface area (Å²) in [6, 6.07) is 10.9. The van der Waals surface area contributed by atoms with Crippen molar-refractivity contribution in [1.29, 1.82) is 0 Å². The average molecular weight is 594 g/mol. The predicted molar refractivity (Wildman–Crippen MR) is 178 cm³/mol. The first kappa shape index (κ1) is 32.5. The summed E-state index contributed by atoms with van der Waals surface area (Å²) in [6.07, 6.45) is 13.8. The maximum atomic E-state index is 6.47. The fraction of sp³-hybridized carbons (Fsp3) is 0.419. The van der Waals surface area contributed by atoms with Crippen molar-refractivity contribution >= 4 is 32.6 Å². The van der Waals surface area contributed by atoms with Gasteiger partial charge in [0.15, 0.2) is 5.65 Å². The fourth-order valence-corrected chi connectivity index (χ4v) is 5.11. The van der Waals surface area contributed by atoms with Gasteiger partial charge in [-0.1, -0.05) is 21.4 Å². The van der Waals surface area contributed by atoms with Gasteiger partial charge in [-0.05, 0) is 90.4 Å². The lowest BCUT2D eigenvalue weighted by atomic mass is 10.0. The number of thiol groups is 1. The first-order valence-corrected chi connectivity index (χ1v) is 16.2. The van der Waals surface area contributed by atoms with Crippen molar-refractivity contribution < 1.29 is 4.74 Å². The number of hydrogen-bond donors (Lipinski definition) is 1. The van der Waals surface area contributed by atoms with E-state index in [0.717, 1.165) is 58.1 Å². The normalized spacial score (nSPS) is 15.3. The number of hydrogen-bond acceptors (Lipinski definition) is 7. The number of aromatic nitrogens is 5. The molecule has 3 aromatic heterocycles. The summed E-state index contributed by atoms with van der Waals surface area (Å²) in [7, 11) is 6.07. The Balaban J connectivity index is 0.000000515. The van der Waals surface area contributed by atoms with Gasteiger partial charge < -0.3 is 9.64 Å². The molecule has 1 fully saturated rings. The van der Waals surface area contributed by atoms with Crippen molar-refractivity contribution in [2.75, 3.05) is 27.2 Å². The second-order valence-electron chi connectivity index (χ2n) is 9.92. The van der Waals surface area contributed by atoms with Crippen LogP contribution in [0.2, 0.25) is 0 Å².